The number of nitrogens with zero attached hydrogens (tertiary/aromatic N) is 1. The quantitative estimate of drug-likeness (QED) is 0.708. The lowest BCUT2D eigenvalue weighted by atomic mass is 10.0. The van der Waals surface area contributed by atoms with Gasteiger partial charge in [0, 0.05) is 26.7 Å². The first-order valence-electron chi connectivity index (χ1n) is 7.59. The molecule has 118 valence electrons. The third-order valence-corrected chi connectivity index (χ3v) is 3.76. The fourth-order valence-corrected chi connectivity index (χ4v) is 2.25. The standard InChI is InChI=1S/C17H28N2O2/c1-5-16(12-15-8-6-14(2)7-9-15)19(3)17(20)13-18-10-11-21-4/h6-9,16,18H,5,10-13H2,1-4H3. The SMILES string of the molecule is CCC(Cc1ccc(C)cc1)N(C)C(=O)CNCCOC. The predicted octanol–water partition coefficient (Wildman–Crippen LogP) is 2.01. The van der Waals surface area contributed by atoms with Crippen LogP contribution in [0.15, 0.2) is 24.3 Å². The zero-order valence-corrected chi connectivity index (χ0v) is 13.7. The van der Waals surface area contributed by atoms with Crippen molar-refractivity contribution in [3.63, 3.8) is 0 Å². The van der Waals surface area contributed by atoms with Crippen LogP contribution in [0.5, 0.6) is 0 Å². The summed E-state index contributed by atoms with van der Waals surface area (Å²) in [5.41, 5.74) is 2.54. The lowest BCUT2D eigenvalue weighted by Crippen LogP contribution is -2.43. The molecule has 1 aromatic rings. The molecule has 0 radical (unpaired) electrons. The van der Waals surface area contributed by atoms with Crippen LogP contribution in [-0.4, -0.2) is 50.7 Å². The predicted molar refractivity (Wildman–Crippen MR) is 86.5 cm³/mol. The zero-order chi connectivity index (χ0) is 15.7. The van der Waals surface area contributed by atoms with E-state index in [4.69, 9.17) is 4.74 Å². The number of methoxy groups -OCH3 is 1. The molecule has 0 saturated heterocycles. The summed E-state index contributed by atoms with van der Waals surface area (Å²) in [4.78, 5) is 14.0. The lowest BCUT2D eigenvalue weighted by Gasteiger charge is -2.27. The number of hydrogen-bond donors (Lipinski definition) is 1. The summed E-state index contributed by atoms with van der Waals surface area (Å²) in [5.74, 6) is 0.130. The van der Waals surface area contributed by atoms with Gasteiger partial charge in [-0.25, -0.2) is 0 Å². The average Bonchev–Trinajstić information content (AvgIpc) is 2.50. The van der Waals surface area contributed by atoms with E-state index in [2.05, 4.69) is 43.4 Å². The van der Waals surface area contributed by atoms with Gasteiger partial charge in [0.25, 0.3) is 0 Å². The van der Waals surface area contributed by atoms with E-state index in [1.807, 2.05) is 11.9 Å². The van der Waals surface area contributed by atoms with Crippen molar-refractivity contribution in [1.82, 2.24) is 10.2 Å². The Kier molecular flexibility index (Phi) is 8.01. The minimum Gasteiger partial charge on any atom is -0.383 e. The monoisotopic (exact) mass is 292 g/mol. The molecule has 1 unspecified atom stereocenters. The Labute approximate surface area is 128 Å². The maximum absolute atomic E-state index is 12.2. The molecule has 1 aromatic carbocycles. The highest BCUT2D eigenvalue weighted by molar-refractivity contribution is 5.78. The number of nitrogens with one attached hydrogen (secondary N) is 1. The van der Waals surface area contributed by atoms with Crippen LogP contribution in [0.2, 0.25) is 0 Å². The molecule has 1 atom stereocenters. The van der Waals surface area contributed by atoms with E-state index in [1.165, 1.54) is 11.1 Å². The molecule has 4 heteroatoms. The molecular formula is C17H28N2O2. The molecule has 0 fully saturated rings. The van der Waals surface area contributed by atoms with Crippen molar-refractivity contribution in [2.75, 3.05) is 33.9 Å². The first-order valence-corrected chi connectivity index (χ1v) is 7.59. The summed E-state index contributed by atoms with van der Waals surface area (Å²) in [6, 6.07) is 8.77. The Morgan fingerprint density at radius 1 is 1.33 bits per heavy atom. The summed E-state index contributed by atoms with van der Waals surface area (Å²) in [6.45, 7) is 5.90. The molecule has 21 heavy (non-hydrogen) atoms. The van der Waals surface area contributed by atoms with Gasteiger partial charge in [-0.2, -0.15) is 0 Å². The maximum atomic E-state index is 12.2. The largest absolute Gasteiger partial charge is 0.383 e. The fourth-order valence-electron chi connectivity index (χ4n) is 2.25. The average molecular weight is 292 g/mol. The molecule has 0 saturated carbocycles. The minimum atomic E-state index is 0.130. The van der Waals surface area contributed by atoms with Crippen LogP contribution >= 0.6 is 0 Å². The number of carbonyl (C=O) groups is 1. The van der Waals surface area contributed by atoms with Gasteiger partial charge in [-0.15, -0.1) is 0 Å². The van der Waals surface area contributed by atoms with Crippen LogP contribution in [0.4, 0.5) is 0 Å². The van der Waals surface area contributed by atoms with E-state index < -0.39 is 0 Å². The number of rotatable bonds is 9. The van der Waals surface area contributed by atoms with Gasteiger partial charge in [-0.1, -0.05) is 36.8 Å². The lowest BCUT2D eigenvalue weighted by molar-refractivity contribution is -0.131. The Hall–Kier alpha value is -1.39. The van der Waals surface area contributed by atoms with Crippen molar-refractivity contribution in [2.24, 2.45) is 0 Å². The minimum absolute atomic E-state index is 0.130. The summed E-state index contributed by atoms with van der Waals surface area (Å²) in [5, 5.41) is 3.10. The summed E-state index contributed by atoms with van der Waals surface area (Å²) in [6.07, 6.45) is 1.85. The smallest absolute Gasteiger partial charge is 0.236 e. The molecule has 0 heterocycles. The fraction of sp³-hybridized carbons (Fsp3) is 0.588. The third kappa shape index (κ3) is 6.27. The highest BCUT2D eigenvalue weighted by Crippen LogP contribution is 2.12. The van der Waals surface area contributed by atoms with Gasteiger partial charge in [0.15, 0.2) is 0 Å². The van der Waals surface area contributed by atoms with Crippen LogP contribution in [0.1, 0.15) is 24.5 Å². The van der Waals surface area contributed by atoms with Crippen molar-refractivity contribution >= 4 is 5.91 Å². The van der Waals surface area contributed by atoms with Crippen LogP contribution < -0.4 is 5.32 Å². The molecule has 0 aliphatic rings. The summed E-state index contributed by atoms with van der Waals surface area (Å²) in [7, 11) is 3.55. The topological polar surface area (TPSA) is 41.6 Å². The van der Waals surface area contributed by atoms with Gasteiger partial charge >= 0.3 is 0 Å². The second kappa shape index (κ2) is 9.53. The van der Waals surface area contributed by atoms with Gasteiger partial charge in [0.2, 0.25) is 5.91 Å². The van der Waals surface area contributed by atoms with E-state index in [9.17, 15) is 4.79 Å². The van der Waals surface area contributed by atoms with Crippen LogP contribution in [-0.2, 0) is 16.0 Å². The summed E-state index contributed by atoms with van der Waals surface area (Å²) < 4.78 is 4.95. The van der Waals surface area contributed by atoms with Crippen molar-refractivity contribution in [3.8, 4) is 0 Å². The van der Waals surface area contributed by atoms with E-state index in [0.717, 1.165) is 12.8 Å². The molecule has 1 amide bonds. The number of carbonyl (C=O) groups excluding carboxylic acids is 1. The van der Waals surface area contributed by atoms with E-state index >= 15 is 0 Å². The maximum Gasteiger partial charge on any atom is 0.236 e. The number of benzene rings is 1. The Bertz CT molecular complexity index is 417. The second-order valence-electron chi connectivity index (χ2n) is 5.43. The molecular weight excluding hydrogens is 264 g/mol. The van der Waals surface area contributed by atoms with Crippen LogP contribution in [0, 0.1) is 6.92 Å². The van der Waals surface area contributed by atoms with E-state index in [1.54, 1.807) is 7.11 Å². The van der Waals surface area contributed by atoms with E-state index in [0.29, 0.717) is 19.7 Å². The molecule has 1 N–H and O–H groups in total. The van der Waals surface area contributed by atoms with Crippen molar-refractivity contribution in [3.05, 3.63) is 35.4 Å². The second-order valence-corrected chi connectivity index (χ2v) is 5.43. The Balaban J connectivity index is 2.49. The number of likely N-dealkylation sites (N-methyl/N-ethyl adjacent to an activating group) is 1. The van der Waals surface area contributed by atoms with E-state index in [-0.39, 0.29) is 11.9 Å². The van der Waals surface area contributed by atoms with Gasteiger partial charge in [0.05, 0.1) is 13.2 Å². The number of aryl methyl sites for hydroxylation is 1. The van der Waals surface area contributed by atoms with Gasteiger partial charge in [-0.05, 0) is 25.3 Å². The molecule has 0 aliphatic heterocycles. The highest BCUT2D eigenvalue weighted by Gasteiger charge is 2.18. The molecule has 4 nitrogen and oxygen atoms in total. The molecule has 0 spiro atoms. The first-order chi connectivity index (χ1) is 10.1. The van der Waals surface area contributed by atoms with Crippen molar-refractivity contribution < 1.29 is 9.53 Å². The van der Waals surface area contributed by atoms with Crippen LogP contribution in [0.3, 0.4) is 0 Å². The Morgan fingerprint density at radius 3 is 2.57 bits per heavy atom. The number of hydrogen-bond acceptors (Lipinski definition) is 3. The number of amides is 1. The third-order valence-electron chi connectivity index (χ3n) is 3.76. The van der Waals surface area contributed by atoms with Crippen LogP contribution in [0.25, 0.3) is 0 Å². The highest BCUT2D eigenvalue weighted by atomic mass is 16.5. The molecule has 0 bridgehead atoms. The summed E-state index contributed by atoms with van der Waals surface area (Å²) >= 11 is 0. The van der Waals surface area contributed by atoms with Crippen molar-refractivity contribution in [1.29, 1.82) is 0 Å². The molecule has 0 aliphatic carbocycles. The van der Waals surface area contributed by atoms with Gasteiger partial charge in [0.1, 0.15) is 0 Å². The number of ether oxygens (including phenoxy) is 1. The van der Waals surface area contributed by atoms with Gasteiger partial charge in [-0.3, -0.25) is 4.79 Å². The normalized spacial score (nSPS) is 12.2. The zero-order valence-electron chi connectivity index (χ0n) is 13.7. The molecule has 1 rings (SSSR count). The first kappa shape index (κ1) is 17.7. The van der Waals surface area contributed by atoms with Gasteiger partial charge < -0.3 is 15.0 Å². The van der Waals surface area contributed by atoms with Crippen molar-refractivity contribution in [2.45, 2.75) is 32.7 Å². The Morgan fingerprint density at radius 2 is 2.00 bits per heavy atom. The molecule has 0 aromatic heterocycles.